The first-order chi connectivity index (χ1) is 9.70. The fraction of sp³-hybridized carbons (Fsp3) is 0.417. The lowest BCUT2D eigenvalue weighted by Crippen LogP contribution is -2.14. The maximum atomic E-state index is 14.1. The molecule has 0 heterocycles. The van der Waals surface area contributed by atoms with Crippen molar-refractivity contribution in [3.05, 3.63) is 27.7 Å². The van der Waals surface area contributed by atoms with Gasteiger partial charge in [-0.2, -0.15) is 0 Å². The van der Waals surface area contributed by atoms with E-state index in [4.69, 9.17) is 15.4 Å². The van der Waals surface area contributed by atoms with E-state index in [2.05, 4.69) is 15.9 Å². The van der Waals surface area contributed by atoms with Gasteiger partial charge in [0.25, 0.3) is 9.05 Å². The Labute approximate surface area is 134 Å². The summed E-state index contributed by atoms with van der Waals surface area (Å²) in [6.07, 6.45) is 2.22. The highest BCUT2D eigenvalue weighted by Gasteiger charge is 2.29. The summed E-state index contributed by atoms with van der Waals surface area (Å²) in [6.45, 7) is 1.93. The van der Waals surface area contributed by atoms with Crippen LogP contribution in [0.15, 0.2) is 15.4 Å². The van der Waals surface area contributed by atoms with Crippen molar-refractivity contribution in [2.24, 2.45) is 0 Å². The zero-order valence-corrected chi connectivity index (χ0v) is 14.1. The van der Waals surface area contributed by atoms with Gasteiger partial charge in [-0.3, -0.25) is 0 Å². The van der Waals surface area contributed by atoms with Crippen molar-refractivity contribution in [3.63, 3.8) is 0 Å². The van der Waals surface area contributed by atoms with Crippen molar-refractivity contribution in [2.45, 2.75) is 31.1 Å². The van der Waals surface area contributed by atoms with Gasteiger partial charge in [0.1, 0.15) is 16.3 Å². The number of unbranched alkanes of at least 4 members (excludes halogenated alkanes) is 2. The third-order valence-corrected chi connectivity index (χ3v) is 4.79. The summed E-state index contributed by atoms with van der Waals surface area (Å²) in [4.78, 5) is 10.7. The van der Waals surface area contributed by atoms with Crippen LogP contribution < -0.4 is 0 Å². The highest BCUT2D eigenvalue weighted by atomic mass is 79.9. The second kappa shape index (κ2) is 7.51. The zero-order chi connectivity index (χ0) is 16.2. The lowest BCUT2D eigenvalue weighted by Gasteiger charge is -2.10. The number of hydrogen-bond acceptors (Lipinski definition) is 4. The normalized spacial score (nSPS) is 11.5. The summed E-state index contributed by atoms with van der Waals surface area (Å²) in [5.74, 6) is -4.07. The van der Waals surface area contributed by atoms with Gasteiger partial charge >= 0.3 is 5.97 Å². The molecule has 0 spiro atoms. The van der Waals surface area contributed by atoms with Crippen LogP contribution in [0.25, 0.3) is 0 Å². The Morgan fingerprint density at radius 3 is 2.52 bits per heavy atom. The van der Waals surface area contributed by atoms with E-state index in [-0.39, 0.29) is 6.61 Å². The van der Waals surface area contributed by atoms with Gasteiger partial charge in [0.15, 0.2) is 5.82 Å². The first-order valence-electron chi connectivity index (χ1n) is 5.99. The van der Waals surface area contributed by atoms with E-state index in [0.29, 0.717) is 12.5 Å². The van der Waals surface area contributed by atoms with Crippen LogP contribution in [0.2, 0.25) is 0 Å². The fourth-order valence-electron chi connectivity index (χ4n) is 1.57. The van der Waals surface area contributed by atoms with Crippen molar-refractivity contribution in [1.82, 2.24) is 0 Å². The minimum atomic E-state index is -4.49. The number of halogens is 4. The summed E-state index contributed by atoms with van der Waals surface area (Å²) in [5.41, 5.74) is -1.08. The molecule has 0 aliphatic carbocycles. The molecular weight excluding hydrogens is 394 g/mol. The minimum Gasteiger partial charge on any atom is -0.462 e. The molecule has 0 unspecified atom stereocenters. The average molecular weight is 406 g/mol. The number of ether oxygens (including phenoxy) is 1. The molecule has 0 saturated heterocycles. The van der Waals surface area contributed by atoms with E-state index in [9.17, 15) is 22.0 Å². The van der Waals surface area contributed by atoms with Crippen molar-refractivity contribution in [3.8, 4) is 0 Å². The first-order valence-corrected chi connectivity index (χ1v) is 9.09. The third kappa shape index (κ3) is 4.62. The number of rotatable bonds is 6. The molecule has 1 aromatic carbocycles. The van der Waals surface area contributed by atoms with Gasteiger partial charge in [0, 0.05) is 15.2 Å². The van der Waals surface area contributed by atoms with E-state index < -0.39 is 41.6 Å². The van der Waals surface area contributed by atoms with Gasteiger partial charge in [0.2, 0.25) is 0 Å². The van der Waals surface area contributed by atoms with Crippen LogP contribution >= 0.6 is 26.6 Å². The summed E-state index contributed by atoms with van der Waals surface area (Å²) in [6, 6.07) is 0.654. The Morgan fingerprint density at radius 2 is 2.00 bits per heavy atom. The molecule has 0 N–H and O–H groups in total. The van der Waals surface area contributed by atoms with Gasteiger partial charge in [-0.15, -0.1) is 0 Å². The SMILES string of the molecule is CCCCCOC(=O)c1c(F)cc(Br)c(S(=O)(=O)Cl)c1F. The topological polar surface area (TPSA) is 60.4 Å². The monoisotopic (exact) mass is 404 g/mol. The molecule has 0 aliphatic rings. The predicted molar refractivity (Wildman–Crippen MR) is 76.9 cm³/mol. The molecule has 9 heteroatoms. The maximum absolute atomic E-state index is 14.1. The number of carbonyl (C=O) groups is 1. The Morgan fingerprint density at radius 1 is 1.38 bits per heavy atom. The van der Waals surface area contributed by atoms with E-state index >= 15 is 0 Å². The summed E-state index contributed by atoms with van der Waals surface area (Å²) < 4.78 is 54.7. The van der Waals surface area contributed by atoms with Crippen molar-refractivity contribution in [2.75, 3.05) is 6.61 Å². The Hall–Kier alpha value is -0.730. The summed E-state index contributed by atoms with van der Waals surface area (Å²) in [7, 11) is 0.581. The van der Waals surface area contributed by atoms with Crippen LogP contribution in [0.1, 0.15) is 36.5 Å². The van der Waals surface area contributed by atoms with Crippen molar-refractivity contribution in [1.29, 1.82) is 0 Å². The zero-order valence-electron chi connectivity index (χ0n) is 11.0. The molecule has 4 nitrogen and oxygen atoms in total. The first kappa shape index (κ1) is 18.3. The Balaban J connectivity index is 3.16. The number of benzene rings is 1. The van der Waals surface area contributed by atoms with Crippen molar-refractivity contribution < 1.29 is 26.7 Å². The van der Waals surface area contributed by atoms with Gasteiger partial charge in [-0.25, -0.2) is 22.0 Å². The molecule has 1 rings (SSSR count). The average Bonchev–Trinajstić information content (AvgIpc) is 2.32. The molecule has 0 saturated carbocycles. The largest absolute Gasteiger partial charge is 0.462 e. The lowest BCUT2D eigenvalue weighted by atomic mass is 10.2. The third-order valence-electron chi connectivity index (χ3n) is 2.56. The van der Waals surface area contributed by atoms with Gasteiger partial charge in [-0.05, 0) is 28.4 Å². The van der Waals surface area contributed by atoms with Gasteiger partial charge in [-0.1, -0.05) is 19.8 Å². The molecule has 0 aromatic heterocycles. The van der Waals surface area contributed by atoms with Crippen LogP contribution in [-0.4, -0.2) is 21.0 Å². The smallest absolute Gasteiger partial charge is 0.344 e. The van der Waals surface area contributed by atoms with Crippen LogP contribution in [0.4, 0.5) is 8.78 Å². The fourth-order valence-corrected chi connectivity index (χ4v) is 3.93. The molecular formula is C12H12BrClF2O4S. The molecule has 0 radical (unpaired) electrons. The van der Waals surface area contributed by atoms with E-state index in [0.717, 1.165) is 12.8 Å². The summed E-state index contributed by atoms with van der Waals surface area (Å²) in [5, 5.41) is 0. The van der Waals surface area contributed by atoms with E-state index in [1.807, 2.05) is 6.92 Å². The molecule has 0 amide bonds. The van der Waals surface area contributed by atoms with Gasteiger partial charge in [0.05, 0.1) is 6.61 Å². The van der Waals surface area contributed by atoms with Gasteiger partial charge < -0.3 is 4.74 Å². The lowest BCUT2D eigenvalue weighted by molar-refractivity contribution is 0.0486. The van der Waals surface area contributed by atoms with E-state index in [1.165, 1.54) is 0 Å². The van der Waals surface area contributed by atoms with E-state index in [1.54, 1.807) is 0 Å². The van der Waals surface area contributed by atoms with Crippen LogP contribution in [0.3, 0.4) is 0 Å². The Kier molecular flexibility index (Phi) is 6.55. The van der Waals surface area contributed by atoms with Crippen LogP contribution in [0, 0.1) is 11.6 Å². The number of esters is 1. The summed E-state index contributed by atoms with van der Waals surface area (Å²) >= 11 is 2.69. The Bertz CT molecular complexity index is 649. The second-order valence-corrected chi connectivity index (χ2v) is 7.50. The number of hydrogen-bond donors (Lipinski definition) is 0. The number of carbonyl (C=O) groups excluding carboxylic acids is 1. The van der Waals surface area contributed by atoms with Crippen LogP contribution in [0.5, 0.6) is 0 Å². The highest BCUT2D eigenvalue weighted by Crippen LogP contribution is 2.32. The standard InChI is InChI=1S/C12H12BrClF2O4S/c1-2-3-4-5-20-12(17)9-8(15)6-7(13)11(10(9)16)21(14,18)19/h6H,2-5H2,1H3. The highest BCUT2D eigenvalue weighted by molar-refractivity contribution is 9.10. The molecule has 0 aliphatic heterocycles. The molecule has 1 aromatic rings. The molecule has 0 bridgehead atoms. The predicted octanol–water partition coefficient (Wildman–Crippen LogP) is 4.00. The quantitative estimate of drug-likeness (QED) is 0.408. The maximum Gasteiger partial charge on any atom is 0.344 e. The molecule has 0 fully saturated rings. The van der Waals surface area contributed by atoms with Crippen LogP contribution in [-0.2, 0) is 13.8 Å². The minimum absolute atomic E-state index is 0.00935. The molecule has 118 valence electrons. The molecule has 0 atom stereocenters. The molecule has 21 heavy (non-hydrogen) atoms. The second-order valence-electron chi connectivity index (χ2n) is 4.14. The van der Waals surface area contributed by atoms with Crippen molar-refractivity contribution >= 4 is 41.6 Å².